The molecule has 1 aromatic carbocycles. The Bertz CT molecular complexity index is 623. The van der Waals surface area contributed by atoms with Gasteiger partial charge in [-0.15, -0.1) is 5.10 Å². The van der Waals surface area contributed by atoms with Gasteiger partial charge in [0.15, 0.2) is 5.69 Å². The second kappa shape index (κ2) is 5.72. The number of carbonyl (C=O) groups is 1. The van der Waals surface area contributed by atoms with E-state index < -0.39 is 0 Å². The van der Waals surface area contributed by atoms with Crippen LogP contribution >= 0.6 is 15.9 Å². The van der Waals surface area contributed by atoms with Crippen LogP contribution in [-0.4, -0.2) is 34.0 Å². The van der Waals surface area contributed by atoms with Crippen molar-refractivity contribution in [3.8, 4) is 0 Å². The van der Waals surface area contributed by atoms with Gasteiger partial charge in [0.25, 0.3) is 5.91 Å². The van der Waals surface area contributed by atoms with E-state index in [0.717, 1.165) is 23.1 Å². The maximum atomic E-state index is 12.0. The zero-order valence-corrected chi connectivity index (χ0v) is 12.3. The number of benzene rings is 1. The summed E-state index contributed by atoms with van der Waals surface area (Å²) < 4.78 is 2.73. The minimum atomic E-state index is -0.205. The number of hydrogen-bond acceptors (Lipinski definition) is 4. The average Bonchev–Trinajstić information content (AvgIpc) is 2.83. The van der Waals surface area contributed by atoms with Crippen molar-refractivity contribution in [1.82, 2.24) is 25.6 Å². The molecule has 0 atom stereocenters. The molecule has 2 aromatic rings. The van der Waals surface area contributed by atoms with E-state index in [-0.39, 0.29) is 5.91 Å². The predicted octanol–water partition coefficient (Wildman–Crippen LogP) is 1.11. The van der Waals surface area contributed by atoms with E-state index >= 15 is 0 Å². The van der Waals surface area contributed by atoms with Crippen molar-refractivity contribution in [2.75, 3.05) is 13.1 Å². The van der Waals surface area contributed by atoms with E-state index in [9.17, 15) is 4.79 Å². The van der Waals surface area contributed by atoms with E-state index in [1.54, 1.807) is 10.9 Å². The van der Waals surface area contributed by atoms with E-state index in [1.807, 2.05) is 24.3 Å². The van der Waals surface area contributed by atoms with Gasteiger partial charge in [0, 0.05) is 24.1 Å². The zero-order chi connectivity index (χ0) is 13.9. The first-order valence-corrected chi connectivity index (χ1v) is 7.17. The molecule has 2 heterocycles. The Morgan fingerprint density at radius 3 is 3.05 bits per heavy atom. The smallest absolute Gasteiger partial charge is 0.273 e. The number of amides is 1. The Hall–Kier alpha value is -1.73. The standard InChI is InChI=1S/C13H14BrN5O/c14-10-3-1-2-9(4-10)5-16-13(20)12-8-19(18-17-12)11-6-15-7-11/h1-4,8,11,15H,5-7H2,(H,16,20). The number of carbonyl (C=O) groups excluding carboxylic acids is 1. The number of nitrogens with zero attached hydrogens (tertiary/aromatic N) is 3. The van der Waals surface area contributed by atoms with Crippen LogP contribution in [0.5, 0.6) is 0 Å². The summed E-state index contributed by atoms with van der Waals surface area (Å²) >= 11 is 3.40. The van der Waals surface area contributed by atoms with E-state index in [0.29, 0.717) is 18.3 Å². The average molecular weight is 336 g/mol. The Balaban J connectivity index is 1.60. The Morgan fingerprint density at radius 1 is 1.50 bits per heavy atom. The van der Waals surface area contributed by atoms with E-state index in [4.69, 9.17) is 0 Å². The summed E-state index contributed by atoms with van der Waals surface area (Å²) in [6.45, 7) is 2.22. The van der Waals surface area contributed by atoms with Crippen LogP contribution in [0.15, 0.2) is 34.9 Å². The topological polar surface area (TPSA) is 71.8 Å². The fourth-order valence-corrected chi connectivity index (χ4v) is 2.39. The van der Waals surface area contributed by atoms with Crippen molar-refractivity contribution in [2.45, 2.75) is 12.6 Å². The van der Waals surface area contributed by atoms with Crippen molar-refractivity contribution in [1.29, 1.82) is 0 Å². The number of halogens is 1. The molecule has 6 nitrogen and oxygen atoms in total. The van der Waals surface area contributed by atoms with Crippen LogP contribution < -0.4 is 10.6 Å². The molecule has 7 heteroatoms. The van der Waals surface area contributed by atoms with Crippen molar-refractivity contribution < 1.29 is 4.79 Å². The summed E-state index contributed by atoms with van der Waals surface area (Å²) in [4.78, 5) is 12.0. The summed E-state index contributed by atoms with van der Waals surface area (Å²) in [5.41, 5.74) is 1.38. The third-order valence-electron chi connectivity index (χ3n) is 3.22. The van der Waals surface area contributed by atoms with Gasteiger partial charge < -0.3 is 10.6 Å². The molecule has 104 valence electrons. The predicted molar refractivity (Wildman–Crippen MR) is 77.2 cm³/mol. The van der Waals surface area contributed by atoms with Gasteiger partial charge >= 0.3 is 0 Å². The molecule has 1 fully saturated rings. The molecule has 1 aliphatic rings. The van der Waals surface area contributed by atoms with Crippen molar-refractivity contribution >= 4 is 21.8 Å². The third-order valence-corrected chi connectivity index (χ3v) is 3.71. The van der Waals surface area contributed by atoms with Crippen LogP contribution in [0.4, 0.5) is 0 Å². The lowest BCUT2D eigenvalue weighted by Crippen LogP contribution is -2.43. The molecular formula is C13H14BrN5O. The minimum Gasteiger partial charge on any atom is -0.347 e. The molecule has 0 spiro atoms. The van der Waals surface area contributed by atoms with Crippen LogP contribution in [0.3, 0.4) is 0 Å². The maximum absolute atomic E-state index is 12.0. The Labute approximate surface area is 124 Å². The molecule has 20 heavy (non-hydrogen) atoms. The summed E-state index contributed by atoms with van der Waals surface area (Å²) in [5.74, 6) is -0.205. The van der Waals surface area contributed by atoms with Crippen molar-refractivity contribution in [3.05, 3.63) is 46.2 Å². The summed E-state index contributed by atoms with van der Waals surface area (Å²) in [5, 5.41) is 13.9. The first kappa shape index (κ1) is 13.3. The molecule has 3 rings (SSSR count). The molecule has 1 aromatic heterocycles. The molecule has 1 amide bonds. The highest BCUT2D eigenvalue weighted by Crippen LogP contribution is 2.12. The van der Waals surface area contributed by atoms with Gasteiger partial charge in [-0.05, 0) is 17.7 Å². The van der Waals surface area contributed by atoms with Crippen LogP contribution in [0, 0.1) is 0 Å². The van der Waals surface area contributed by atoms with Crippen LogP contribution in [-0.2, 0) is 6.54 Å². The summed E-state index contributed by atoms with van der Waals surface area (Å²) in [6.07, 6.45) is 1.70. The van der Waals surface area contributed by atoms with E-state index in [1.165, 1.54) is 0 Å². The number of aromatic nitrogens is 3. The quantitative estimate of drug-likeness (QED) is 0.878. The Kier molecular flexibility index (Phi) is 3.79. The van der Waals surface area contributed by atoms with Gasteiger partial charge in [0.2, 0.25) is 0 Å². The third kappa shape index (κ3) is 2.88. The second-order valence-electron chi connectivity index (χ2n) is 4.71. The van der Waals surface area contributed by atoms with Gasteiger partial charge in [0.1, 0.15) is 0 Å². The highest BCUT2D eigenvalue weighted by Gasteiger charge is 2.21. The lowest BCUT2D eigenvalue weighted by molar-refractivity contribution is 0.0946. The summed E-state index contributed by atoms with van der Waals surface area (Å²) in [7, 11) is 0. The monoisotopic (exact) mass is 335 g/mol. The SMILES string of the molecule is O=C(NCc1cccc(Br)c1)c1cn(C2CNC2)nn1. The van der Waals surface area contributed by atoms with Crippen LogP contribution in [0.25, 0.3) is 0 Å². The van der Waals surface area contributed by atoms with Crippen molar-refractivity contribution in [2.24, 2.45) is 0 Å². The van der Waals surface area contributed by atoms with Gasteiger partial charge in [-0.3, -0.25) is 4.79 Å². The molecule has 0 aliphatic carbocycles. The zero-order valence-electron chi connectivity index (χ0n) is 10.7. The largest absolute Gasteiger partial charge is 0.347 e. The van der Waals surface area contributed by atoms with Crippen molar-refractivity contribution in [3.63, 3.8) is 0 Å². The number of hydrogen-bond donors (Lipinski definition) is 2. The lowest BCUT2D eigenvalue weighted by Gasteiger charge is -2.26. The fraction of sp³-hybridized carbons (Fsp3) is 0.308. The van der Waals surface area contributed by atoms with Gasteiger partial charge in [-0.25, -0.2) is 4.68 Å². The van der Waals surface area contributed by atoms with Gasteiger partial charge in [-0.1, -0.05) is 33.3 Å². The molecule has 2 N–H and O–H groups in total. The first-order valence-electron chi connectivity index (χ1n) is 6.37. The highest BCUT2D eigenvalue weighted by atomic mass is 79.9. The van der Waals surface area contributed by atoms with Crippen LogP contribution in [0.1, 0.15) is 22.1 Å². The van der Waals surface area contributed by atoms with Gasteiger partial charge in [-0.2, -0.15) is 0 Å². The molecule has 0 bridgehead atoms. The van der Waals surface area contributed by atoms with E-state index in [2.05, 4.69) is 36.9 Å². The molecular weight excluding hydrogens is 322 g/mol. The van der Waals surface area contributed by atoms with Crippen LogP contribution in [0.2, 0.25) is 0 Å². The Morgan fingerprint density at radius 2 is 2.35 bits per heavy atom. The number of nitrogens with one attached hydrogen (secondary N) is 2. The fourth-order valence-electron chi connectivity index (χ4n) is 1.94. The molecule has 0 unspecified atom stereocenters. The molecule has 1 saturated heterocycles. The normalized spacial score (nSPS) is 14.8. The highest BCUT2D eigenvalue weighted by molar-refractivity contribution is 9.10. The molecule has 0 saturated carbocycles. The minimum absolute atomic E-state index is 0.205. The first-order chi connectivity index (χ1) is 9.72. The molecule has 0 radical (unpaired) electrons. The molecule has 1 aliphatic heterocycles. The summed E-state index contributed by atoms with van der Waals surface area (Å²) in [6, 6.07) is 8.13. The number of rotatable bonds is 4. The second-order valence-corrected chi connectivity index (χ2v) is 5.62. The maximum Gasteiger partial charge on any atom is 0.273 e. The lowest BCUT2D eigenvalue weighted by atomic mass is 10.2. The van der Waals surface area contributed by atoms with Gasteiger partial charge in [0.05, 0.1) is 12.2 Å².